The third-order valence-electron chi connectivity index (χ3n) is 13.4. The van der Waals surface area contributed by atoms with Crippen LogP contribution in [0.3, 0.4) is 0 Å². The molecule has 19 heteroatoms. The summed E-state index contributed by atoms with van der Waals surface area (Å²) in [6, 6.07) is 8.16. The average molecular weight is 1010 g/mol. The first-order valence-corrected chi connectivity index (χ1v) is 23.0. The zero-order valence-electron chi connectivity index (χ0n) is 38.5. The molecule has 1 aromatic carbocycles. The Kier molecular flexibility index (Phi) is 19.2. The first kappa shape index (κ1) is 55.0. The minimum atomic E-state index is -0.824. The molecule has 0 radical (unpaired) electrons. The molecule has 2 saturated heterocycles. The topological polar surface area (TPSA) is 134 Å². The number of carbonyl (C=O) groups is 3. The average Bonchev–Trinajstić information content (AvgIpc) is 4.18. The summed E-state index contributed by atoms with van der Waals surface area (Å²) in [7, 11) is 1.74. The van der Waals surface area contributed by atoms with Crippen molar-refractivity contribution in [1.82, 2.24) is 35.2 Å². The van der Waals surface area contributed by atoms with Gasteiger partial charge in [0.15, 0.2) is 0 Å². The van der Waals surface area contributed by atoms with Crippen LogP contribution in [-0.2, 0) is 43.2 Å². The van der Waals surface area contributed by atoms with Gasteiger partial charge in [-0.2, -0.15) is 67.5 Å². The Bertz CT molecular complexity index is 2300. The number of esters is 1. The summed E-state index contributed by atoms with van der Waals surface area (Å²) < 4.78 is 14.6. The van der Waals surface area contributed by atoms with E-state index in [0.717, 1.165) is 101 Å². The summed E-state index contributed by atoms with van der Waals surface area (Å²) in [4.78, 5) is 56.6. The largest absolute Gasteiger partial charge is 0.464 e. The molecule has 2 N–H and O–H groups in total. The van der Waals surface area contributed by atoms with E-state index >= 15 is 0 Å². The van der Waals surface area contributed by atoms with Crippen molar-refractivity contribution in [2.24, 2.45) is 17.3 Å². The molecule has 3 aliphatic heterocycles. The molecule has 2 aliphatic carbocycles. The molecule has 6 heterocycles. The van der Waals surface area contributed by atoms with E-state index < -0.39 is 17.5 Å². The number of methoxy groups -OCH3 is 1. The zero-order chi connectivity index (χ0) is 41.9. The van der Waals surface area contributed by atoms with Crippen molar-refractivity contribution in [3.05, 3.63) is 52.1 Å². The Morgan fingerprint density at radius 3 is 2.43 bits per heavy atom. The van der Waals surface area contributed by atoms with Gasteiger partial charge in [0, 0.05) is 97.6 Å². The molecule has 4 fully saturated rings. The fraction of sp³-hybridized carbons (Fsp3) is 0.587. The van der Waals surface area contributed by atoms with Gasteiger partial charge in [-0.15, -0.1) is 11.3 Å². The Balaban J connectivity index is 0.00000185. The number of anilines is 1. The lowest BCUT2D eigenvalue weighted by Gasteiger charge is -2.36. The first-order valence-electron chi connectivity index (χ1n) is 22.1. The lowest BCUT2D eigenvalue weighted by atomic mass is 9.84. The molecular formula is C46H70N8O5S6. The van der Waals surface area contributed by atoms with Gasteiger partial charge in [-0.05, 0) is 82.1 Å². The van der Waals surface area contributed by atoms with Gasteiger partial charge in [0.25, 0.3) is 5.91 Å². The van der Waals surface area contributed by atoms with Crippen molar-refractivity contribution in [2.75, 3.05) is 51.3 Å². The van der Waals surface area contributed by atoms with Crippen LogP contribution in [0.4, 0.5) is 5.69 Å². The molecule has 65 heavy (non-hydrogen) atoms. The Morgan fingerprint density at radius 2 is 1.77 bits per heavy atom. The third-order valence-corrected chi connectivity index (χ3v) is 14.3. The van der Waals surface area contributed by atoms with Gasteiger partial charge in [-0.3, -0.25) is 29.3 Å². The standard InChI is InChI=1S/C46H60N8O5S.5H2S/c1-7-53-39-13-10-29-20-33(39)35(42(53)34-21-31(24-47-41(34)28(3)58-6)52-17-15-51(16-18-52)30-11-12-30)23-46(4,5)26-59-45(57)36-9-8-14-54(50-36)44(56)37(22-40-48-38(29)25-60-40)49-43(55)32-19-27(32)2;;;;;/h10,13,20-21,24-25,27-28,30,32,36-37,50H,7-9,11-12,14-19,22-23,26H2,1-6H3,(H,49,55);5*1H2/t27-,28-,32-,36-,37-;;;;;/m0...../s1. The number of aromatic nitrogens is 3. The van der Waals surface area contributed by atoms with Gasteiger partial charge >= 0.3 is 5.97 Å². The highest BCUT2D eigenvalue weighted by molar-refractivity contribution is 7.60. The summed E-state index contributed by atoms with van der Waals surface area (Å²) in [5, 5.41) is 8.49. The van der Waals surface area contributed by atoms with Crippen LogP contribution in [0.1, 0.15) is 89.1 Å². The van der Waals surface area contributed by atoms with Gasteiger partial charge in [0.1, 0.15) is 12.1 Å². The number of hydrogen-bond acceptors (Lipinski definition) is 11. The van der Waals surface area contributed by atoms with E-state index in [4.69, 9.17) is 19.4 Å². The summed E-state index contributed by atoms with van der Waals surface area (Å²) in [5.41, 5.74) is 11.0. The number of nitrogens with zero attached hydrogens (tertiary/aromatic N) is 6. The van der Waals surface area contributed by atoms with Crippen molar-refractivity contribution in [2.45, 2.75) is 110 Å². The van der Waals surface area contributed by atoms with Gasteiger partial charge in [0.2, 0.25) is 5.91 Å². The number of aryl methyl sites for hydroxylation is 1. The molecule has 360 valence electrons. The molecule has 9 rings (SSSR count). The third kappa shape index (κ3) is 11.6. The minimum Gasteiger partial charge on any atom is -0.464 e. The molecule has 3 aromatic heterocycles. The molecule has 0 unspecified atom stereocenters. The number of carbonyl (C=O) groups excluding carboxylic acids is 3. The van der Waals surface area contributed by atoms with E-state index in [-0.39, 0.29) is 110 Å². The Hall–Kier alpha value is -2.62. The second-order valence-electron chi connectivity index (χ2n) is 18.5. The highest BCUT2D eigenvalue weighted by atomic mass is 32.1. The van der Waals surface area contributed by atoms with Crippen LogP contribution in [0.5, 0.6) is 0 Å². The lowest BCUT2D eigenvalue weighted by Crippen LogP contribution is -2.60. The number of benzene rings is 1. The van der Waals surface area contributed by atoms with Crippen LogP contribution in [0.25, 0.3) is 33.4 Å². The monoisotopic (exact) mass is 1010 g/mol. The number of thiazole rings is 1. The number of rotatable bonds is 8. The number of hydrogen-bond donors (Lipinski definition) is 2. The number of hydrazine groups is 1. The molecule has 5 atom stereocenters. The number of nitrogens with one attached hydrogen (secondary N) is 2. The van der Waals surface area contributed by atoms with E-state index in [9.17, 15) is 14.4 Å². The number of ether oxygens (including phenoxy) is 2. The number of pyridine rings is 1. The van der Waals surface area contributed by atoms with Crippen LogP contribution in [0.15, 0.2) is 35.8 Å². The summed E-state index contributed by atoms with van der Waals surface area (Å²) in [5.74, 6) is -0.550. The second kappa shape index (κ2) is 22.7. The van der Waals surface area contributed by atoms with Crippen molar-refractivity contribution in [3.63, 3.8) is 0 Å². The molecule has 5 aliphatic rings. The second-order valence-corrected chi connectivity index (χ2v) is 19.5. The quantitative estimate of drug-likeness (QED) is 0.184. The van der Waals surface area contributed by atoms with Crippen molar-refractivity contribution < 1.29 is 23.9 Å². The fourth-order valence-electron chi connectivity index (χ4n) is 9.52. The Labute approximate surface area is 423 Å². The molecule has 2 saturated carbocycles. The molecular weight excluding hydrogens is 937 g/mol. The zero-order valence-corrected chi connectivity index (χ0v) is 44.3. The van der Waals surface area contributed by atoms with Crippen molar-refractivity contribution >= 4 is 113 Å². The van der Waals surface area contributed by atoms with Gasteiger partial charge in [0.05, 0.1) is 46.7 Å². The first-order chi connectivity index (χ1) is 28.9. The van der Waals surface area contributed by atoms with Crippen LogP contribution < -0.4 is 15.6 Å². The maximum absolute atomic E-state index is 14.1. The van der Waals surface area contributed by atoms with E-state index in [1.807, 2.05) is 6.20 Å². The summed E-state index contributed by atoms with van der Waals surface area (Å²) in [6.45, 7) is 16.0. The Morgan fingerprint density at radius 1 is 1.05 bits per heavy atom. The van der Waals surface area contributed by atoms with E-state index in [1.54, 1.807) is 7.11 Å². The normalized spacial score (nSPS) is 23.5. The van der Waals surface area contributed by atoms with Crippen molar-refractivity contribution in [1.29, 1.82) is 0 Å². The van der Waals surface area contributed by atoms with E-state index in [2.05, 4.69) is 89.4 Å². The van der Waals surface area contributed by atoms with Crippen molar-refractivity contribution in [3.8, 4) is 22.5 Å². The van der Waals surface area contributed by atoms with Crippen LogP contribution in [0.2, 0.25) is 0 Å². The number of fused-ring (bicyclic) bond motifs is 6. The molecule has 13 nitrogen and oxygen atoms in total. The highest BCUT2D eigenvalue weighted by Gasteiger charge is 2.42. The van der Waals surface area contributed by atoms with Crippen LogP contribution in [-0.4, -0.2) is 107 Å². The maximum atomic E-state index is 14.1. The molecule has 4 aromatic rings. The van der Waals surface area contributed by atoms with E-state index in [1.165, 1.54) is 29.2 Å². The summed E-state index contributed by atoms with van der Waals surface area (Å²) >= 11 is 1.50. The maximum Gasteiger partial charge on any atom is 0.324 e. The summed E-state index contributed by atoms with van der Waals surface area (Å²) in [6.07, 6.45) is 7.28. The molecule has 2 amide bonds. The van der Waals surface area contributed by atoms with E-state index in [0.29, 0.717) is 31.7 Å². The van der Waals surface area contributed by atoms with Crippen LogP contribution in [0, 0.1) is 17.3 Å². The number of piperazine rings is 1. The smallest absolute Gasteiger partial charge is 0.324 e. The lowest BCUT2D eigenvalue weighted by molar-refractivity contribution is -0.155. The highest BCUT2D eigenvalue weighted by Crippen LogP contribution is 2.43. The number of amides is 2. The minimum absolute atomic E-state index is 0. The van der Waals surface area contributed by atoms with Gasteiger partial charge in [-0.1, -0.05) is 26.8 Å². The van der Waals surface area contributed by atoms with Gasteiger partial charge in [-0.25, -0.2) is 10.4 Å². The predicted octanol–water partition coefficient (Wildman–Crippen LogP) is 6.71. The van der Waals surface area contributed by atoms with Gasteiger partial charge < -0.3 is 24.3 Å². The fourth-order valence-corrected chi connectivity index (χ4v) is 10.4. The van der Waals surface area contributed by atoms with Crippen LogP contribution >= 0.6 is 78.8 Å². The SMILES string of the molecule is CCn1c(-c2cc(N3CCN(C4CC4)CC3)cnc2[C@H](C)OC)c2c3cc(ccc31)-c1csc(n1)C[C@H](NC(=O)[C@H]1C[C@@H]1C)C(=O)N1CCC[C@H](N1)C(=O)OCC(C)(C)C2.S.S.S.S.S. The molecule has 0 spiro atoms. The number of cyclic esters (lactones) is 1. The molecule has 6 bridgehead atoms. The predicted molar refractivity (Wildman–Crippen MR) is 285 cm³/mol.